The van der Waals surface area contributed by atoms with Crippen molar-refractivity contribution in [1.29, 1.82) is 0 Å². The molecule has 1 aliphatic heterocycles. The van der Waals surface area contributed by atoms with Crippen molar-refractivity contribution in [2.24, 2.45) is 0 Å². The molecule has 0 radical (unpaired) electrons. The van der Waals surface area contributed by atoms with Gasteiger partial charge in [0.15, 0.2) is 17.3 Å². The molecule has 220 valence electrons. The quantitative estimate of drug-likeness (QED) is 0.269. The van der Waals surface area contributed by atoms with Crippen molar-refractivity contribution < 1.29 is 9.90 Å². The first kappa shape index (κ1) is 28.3. The molecule has 0 saturated carbocycles. The number of hydrogen-bond donors (Lipinski definition) is 3. The minimum absolute atomic E-state index is 0.0598. The monoisotopic (exact) mass is 577 g/mol. The number of nitrogen functional groups attached to an aromatic ring is 1. The van der Waals surface area contributed by atoms with Gasteiger partial charge in [-0.25, -0.2) is 19.6 Å². The maximum absolute atomic E-state index is 11.1. The number of fused-ring (bicyclic) bond motifs is 2. The van der Waals surface area contributed by atoms with Crippen LogP contribution in [0.3, 0.4) is 0 Å². The summed E-state index contributed by atoms with van der Waals surface area (Å²) in [4.78, 5) is 26.9. The van der Waals surface area contributed by atoms with E-state index >= 15 is 0 Å². The van der Waals surface area contributed by atoms with Crippen LogP contribution in [0.4, 0.5) is 5.82 Å². The van der Waals surface area contributed by atoms with Crippen LogP contribution in [0.5, 0.6) is 0 Å². The Hall–Kier alpha value is -4.87. The highest BCUT2D eigenvalue weighted by atomic mass is 16.3. The van der Waals surface area contributed by atoms with E-state index in [2.05, 4.69) is 28.0 Å². The molecule has 1 aromatic carbocycles. The predicted octanol–water partition coefficient (Wildman–Crippen LogP) is 3.61. The lowest BCUT2D eigenvalue weighted by Gasteiger charge is -2.30. The van der Waals surface area contributed by atoms with E-state index in [9.17, 15) is 9.90 Å². The van der Waals surface area contributed by atoms with Gasteiger partial charge >= 0.3 is 0 Å². The molecule has 11 heteroatoms. The Kier molecular flexibility index (Phi) is 7.99. The van der Waals surface area contributed by atoms with Gasteiger partial charge in [0.25, 0.3) is 0 Å². The van der Waals surface area contributed by atoms with Crippen molar-refractivity contribution in [1.82, 2.24) is 39.5 Å². The van der Waals surface area contributed by atoms with E-state index in [1.54, 1.807) is 17.1 Å². The molecule has 1 saturated heterocycles. The fourth-order valence-corrected chi connectivity index (χ4v) is 5.74. The number of nitrogens with zero attached hydrogens (tertiary/aromatic N) is 7. The molecule has 0 bridgehead atoms. The Morgan fingerprint density at radius 3 is 2.65 bits per heavy atom. The van der Waals surface area contributed by atoms with Crippen molar-refractivity contribution in [2.75, 3.05) is 25.9 Å². The topological polar surface area (TPSA) is 140 Å². The largest absolute Gasteiger partial charge is 0.388 e. The SMILES string of the molecule is C=CC(=O)N1CCC(NC)CC1.Nc1ncccc1-c1nc2ccc(-n3cccn3)nc2n1-c1ccc2c(c1)C(O)CC2. The van der Waals surface area contributed by atoms with Crippen LogP contribution in [0, 0.1) is 0 Å². The molecule has 1 fully saturated rings. The van der Waals surface area contributed by atoms with E-state index in [0.29, 0.717) is 29.1 Å². The maximum Gasteiger partial charge on any atom is 0.245 e. The third kappa shape index (κ3) is 5.64. The Balaban J connectivity index is 0.000000232. The molecule has 43 heavy (non-hydrogen) atoms. The number of carbonyl (C=O) groups is 1. The van der Waals surface area contributed by atoms with Crippen LogP contribution >= 0.6 is 0 Å². The van der Waals surface area contributed by atoms with Crippen LogP contribution < -0.4 is 11.1 Å². The van der Waals surface area contributed by atoms with Gasteiger partial charge in [-0.3, -0.25) is 9.36 Å². The summed E-state index contributed by atoms with van der Waals surface area (Å²) in [5.74, 6) is 1.79. The molecule has 0 spiro atoms. The average Bonchev–Trinajstić information content (AvgIpc) is 3.80. The number of aromatic nitrogens is 6. The number of aryl methyl sites for hydroxylation is 1. The molecule has 11 nitrogen and oxygen atoms in total. The van der Waals surface area contributed by atoms with Gasteiger partial charge in [-0.1, -0.05) is 12.6 Å². The van der Waals surface area contributed by atoms with Crippen LogP contribution in [0.15, 0.2) is 79.8 Å². The normalized spacial score (nSPS) is 16.5. The summed E-state index contributed by atoms with van der Waals surface area (Å²) in [6, 6.07) is 16.1. The second kappa shape index (κ2) is 12.2. The van der Waals surface area contributed by atoms with Crippen molar-refractivity contribution in [3.05, 3.63) is 90.9 Å². The number of pyridine rings is 2. The van der Waals surface area contributed by atoms with Gasteiger partial charge in [0.2, 0.25) is 5.91 Å². The van der Waals surface area contributed by atoms with Gasteiger partial charge in [0, 0.05) is 43.4 Å². The number of carbonyl (C=O) groups excluding carboxylic acids is 1. The number of aliphatic hydroxyl groups is 1. The lowest BCUT2D eigenvalue weighted by Crippen LogP contribution is -2.43. The molecule has 5 heterocycles. The van der Waals surface area contributed by atoms with Crippen molar-refractivity contribution >= 4 is 22.9 Å². The molecule has 7 rings (SSSR count). The number of amides is 1. The van der Waals surface area contributed by atoms with E-state index in [1.807, 2.05) is 65.2 Å². The smallest absolute Gasteiger partial charge is 0.245 e. The predicted molar refractivity (Wildman–Crippen MR) is 166 cm³/mol. The fourth-order valence-electron chi connectivity index (χ4n) is 5.74. The summed E-state index contributed by atoms with van der Waals surface area (Å²) in [5.41, 5.74) is 11.3. The molecular formula is C32H35N9O2. The number of nitrogens with one attached hydrogen (secondary N) is 1. The minimum Gasteiger partial charge on any atom is -0.388 e. The number of anilines is 1. The lowest BCUT2D eigenvalue weighted by molar-refractivity contribution is -0.127. The van der Waals surface area contributed by atoms with E-state index in [1.165, 1.54) is 11.6 Å². The maximum atomic E-state index is 11.1. The fraction of sp³-hybridized carbons (Fsp3) is 0.281. The minimum atomic E-state index is -0.454. The van der Waals surface area contributed by atoms with Gasteiger partial charge in [0.1, 0.15) is 11.3 Å². The molecule has 2 aliphatic rings. The second-order valence-corrected chi connectivity index (χ2v) is 10.7. The highest BCUT2D eigenvalue weighted by Crippen LogP contribution is 2.35. The molecule has 4 aromatic heterocycles. The molecule has 1 amide bonds. The van der Waals surface area contributed by atoms with Crippen molar-refractivity contribution in [2.45, 2.75) is 37.8 Å². The highest BCUT2D eigenvalue weighted by Gasteiger charge is 2.24. The number of hydrogen-bond acceptors (Lipinski definition) is 8. The molecule has 1 aliphatic carbocycles. The zero-order chi connectivity index (χ0) is 29.9. The molecular weight excluding hydrogens is 542 g/mol. The van der Waals surface area contributed by atoms with Crippen molar-refractivity contribution in [3.63, 3.8) is 0 Å². The summed E-state index contributed by atoms with van der Waals surface area (Å²) in [5, 5.41) is 17.9. The van der Waals surface area contributed by atoms with Gasteiger partial charge in [-0.05, 0) is 92.4 Å². The Bertz CT molecular complexity index is 1750. The Labute approximate surface area is 249 Å². The summed E-state index contributed by atoms with van der Waals surface area (Å²) < 4.78 is 3.68. The molecule has 1 unspecified atom stereocenters. The number of nitrogens with two attached hydrogens (primary N) is 1. The summed E-state index contributed by atoms with van der Waals surface area (Å²) in [6.07, 6.45) is 9.88. The number of benzene rings is 1. The first-order chi connectivity index (χ1) is 21.0. The standard InChI is InChI=1S/C23H19N7O.C9H16N2O/c24-21-16(3-1-10-25-21)22-27-18-7-9-20(29-12-2-11-26-29)28-23(18)30(22)15-6-4-14-5-8-19(31)17(14)13-15;1-3-9(12)11-6-4-8(10-2)5-7-11/h1-4,6-7,9-13,19,31H,5,8H2,(H2,24,25);3,8,10H,1,4-7H2,2H3. The first-order valence-corrected chi connectivity index (χ1v) is 14.5. The summed E-state index contributed by atoms with van der Waals surface area (Å²) in [6.45, 7) is 5.18. The average molecular weight is 578 g/mol. The molecule has 5 aromatic rings. The first-order valence-electron chi connectivity index (χ1n) is 14.5. The zero-order valence-corrected chi connectivity index (χ0v) is 24.1. The number of imidazole rings is 1. The van der Waals surface area contributed by atoms with Crippen LogP contribution in [0.25, 0.3) is 34.1 Å². The highest BCUT2D eigenvalue weighted by molar-refractivity contribution is 5.87. The zero-order valence-electron chi connectivity index (χ0n) is 24.1. The molecule has 4 N–H and O–H groups in total. The van der Waals surface area contributed by atoms with Gasteiger partial charge in [-0.2, -0.15) is 5.10 Å². The molecule has 1 atom stereocenters. The lowest BCUT2D eigenvalue weighted by atomic mass is 10.1. The van der Waals surface area contributed by atoms with Crippen molar-refractivity contribution in [3.8, 4) is 22.9 Å². The number of rotatable bonds is 5. The van der Waals surface area contributed by atoms with E-state index in [-0.39, 0.29) is 5.91 Å². The van der Waals surface area contributed by atoms with Crippen LogP contribution in [0.2, 0.25) is 0 Å². The van der Waals surface area contributed by atoms with Gasteiger partial charge in [0.05, 0.1) is 11.7 Å². The third-order valence-corrected chi connectivity index (χ3v) is 8.13. The Morgan fingerprint density at radius 1 is 1.09 bits per heavy atom. The third-order valence-electron chi connectivity index (χ3n) is 8.13. The summed E-state index contributed by atoms with van der Waals surface area (Å²) >= 11 is 0. The van der Waals surface area contributed by atoms with Crippen LogP contribution in [-0.2, 0) is 11.2 Å². The van der Waals surface area contributed by atoms with Crippen LogP contribution in [-0.4, -0.2) is 71.4 Å². The second-order valence-electron chi connectivity index (χ2n) is 10.7. The van der Waals surface area contributed by atoms with E-state index in [0.717, 1.165) is 61.1 Å². The number of piperidine rings is 1. The number of aliphatic hydroxyl groups excluding tert-OH is 1. The Morgan fingerprint density at radius 2 is 1.93 bits per heavy atom. The van der Waals surface area contributed by atoms with Gasteiger partial charge < -0.3 is 21.1 Å². The van der Waals surface area contributed by atoms with Gasteiger partial charge in [-0.15, -0.1) is 0 Å². The number of likely N-dealkylation sites (tertiary alicyclic amines) is 1. The van der Waals surface area contributed by atoms with Crippen LogP contribution in [0.1, 0.15) is 36.5 Å². The van der Waals surface area contributed by atoms with E-state index in [4.69, 9.17) is 15.7 Å². The van der Waals surface area contributed by atoms with E-state index < -0.39 is 6.10 Å². The summed E-state index contributed by atoms with van der Waals surface area (Å²) in [7, 11) is 1.97.